The van der Waals surface area contributed by atoms with E-state index in [1.54, 1.807) is 12.1 Å². The smallest absolute Gasteiger partial charge is 0.230 e. The van der Waals surface area contributed by atoms with E-state index in [1.807, 2.05) is 77.1 Å². The third kappa shape index (κ3) is 4.46. The average Bonchev–Trinajstić information content (AvgIpc) is 2.65. The van der Waals surface area contributed by atoms with Crippen molar-refractivity contribution in [3.05, 3.63) is 71.7 Å². The third-order valence-corrected chi connectivity index (χ3v) is 3.03. The molecule has 0 N–H and O–H groups in total. The van der Waals surface area contributed by atoms with Gasteiger partial charge in [0.15, 0.2) is 0 Å². The van der Waals surface area contributed by atoms with Crippen molar-refractivity contribution in [1.29, 1.82) is 0 Å². The second-order valence-corrected chi connectivity index (χ2v) is 4.34. The topological polar surface area (TPSA) is 42.9 Å². The zero-order valence-corrected chi connectivity index (χ0v) is 14.5. The summed E-state index contributed by atoms with van der Waals surface area (Å²) in [4.78, 5) is 21.0. The van der Waals surface area contributed by atoms with Crippen LogP contribution in [0.3, 0.4) is 0 Å². The van der Waals surface area contributed by atoms with Gasteiger partial charge in [-0.1, -0.05) is 76.2 Å². The second kappa shape index (κ2) is 9.46. The monoisotopic (exact) mass is 308 g/mol. The van der Waals surface area contributed by atoms with Crippen LogP contribution < -0.4 is 0 Å². The van der Waals surface area contributed by atoms with E-state index >= 15 is 0 Å². The molecule has 0 amide bonds. The normalized spacial score (nSPS) is 9.26. The van der Waals surface area contributed by atoms with Gasteiger partial charge in [0, 0.05) is 16.6 Å². The second-order valence-electron chi connectivity index (χ2n) is 4.34. The fourth-order valence-corrected chi connectivity index (χ4v) is 2.06. The van der Waals surface area contributed by atoms with E-state index < -0.39 is 0 Å². The van der Waals surface area contributed by atoms with Crippen molar-refractivity contribution < 1.29 is 4.79 Å². The van der Waals surface area contributed by atoms with Gasteiger partial charge in [-0.3, -0.25) is 4.79 Å². The Kier molecular flexibility index (Phi) is 7.61. The molecule has 3 heteroatoms. The van der Waals surface area contributed by atoms with Gasteiger partial charge in [-0.25, -0.2) is 9.97 Å². The van der Waals surface area contributed by atoms with E-state index in [4.69, 9.17) is 0 Å². The van der Waals surface area contributed by atoms with Gasteiger partial charge in [0.05, 0.1) is 5.52 Å². The molecule has 3 aromatic rings. The van der Waals surface area contributed by atoms with Crippen molar-refractivity contribution in [3.63, 3.8) is 0 Å². The standard InChI is InChI=1S/C16H12N2O.2C2H6/c1-11-13-9-5-6-10-14(13)18-16(17-11)15(19)12-7-3-2-4-8-12;2*1-2/h2-10H,1H3;2*1-2H3. The first-order chi connectivity index (χ1) is 11.3. The van der Waals surface area contributed by atoms with Crippen LogP contribution >= 0.6 is 0 Å². The lowest BCUT2D eigenvalue weighted by atomic mass is 10.1. The molecule has 23 heavy (non-hydrogen) atoms. The predicted molar refractivity (Wildman–Crippen MR) is 96.8 cm³/mol. The van der Waals surface area contributed by atoms with Crippen molar-refractivity contribution in [2.45, 2.75) is 34.6 Å². The Hall–Kier alpha value is -2.55. The minimum absolute atomic E-state index is 0.144. The number of nitrogens with zero attached hydrogens (tertiary/aromatic N) is 2. The first-order valence-corrected chi connectivity index (χ1v) is 8.09. The summed E-state index contributed by atoms with van der Waals surface area (Å²) in [6, 6.07) is 16.8. The summed E-state index contributed by atoms with van der Waals surface area (Å²) in [7, 11) is 0. The summed E-state index contributed by atoms with van der Waals surface area (Å²) < 4.78 is 0. The minimum atomic E-state index is -0.144. The molecule has 0 fully saturated rings. The molecule has 0 unspecified atom stereocenters. The lowest BCUT2D eigenvalue weighted by Gasteiger charge is -2.04. The van der Waals surface area contributed by atoms with E-state index in [0.717, 1.165) is 16.6 Å². The molecule has 0 aliphatic rings. The van der Waals surface area contributed by atoms with Crippen LogP contribution in [0, 0.1) is 6.92 Å². The molecule has 0 saturated heterocycles. The molecule has 1 heterocycles. The Labute approximate surface area is 138 Å². The van der Waals surface area contributed by atoms with Gasteiger partial charge in [0.2, 0.25) is 11.6 Å². The average molecular weight is 308 g/mol. The molecule has 0 spiro atoms. The van der Waals surface area contributed by atoms with Crippen molar-refractivity contribution in [3.8, 4) is 0 Å². The lowest BCUT2D eigenvalue weighted by molar-refractivity contribution is 0.102. The highest BCUT2D eigenvalue weighted by atomic mass is 16.1. The maximum absolute atomic E-state index is 12.3. The van der Waals surface area contributed by atoms with Crippen LogP contribution in [0.1, 0.15) is 49.6 Å². The summed E-state index contributed by atoms with van der Waals surface area (Å²) in [5, 5.41) is 0.979. The highest BCUT2D eigenvalue weighted by Gasteiger charge is 2.13. The Morgan fingerprint density at radius 3 is 2.00 bits per heavy atom. The zero-order chi connectivity index (χ0) is 17.2. The maximum Gasteiger partial charge on any atom is 0.230 e. The third-order valence-electron chi connectivity index (χ3n) is 3.03. The van der Waals surface area contributed by atoms with Gasteiger partial charge in [0.1, 0.15) is 0 Å². The summed E-state index contributed by atoms with van der Waals surface area (Å²) in [5.41, 5.74) is 2.23. The Balaban J connectivity index is 0.000000615. The molecule has 2 aromatic carbocycles. The Morgan fingerprint density at radius 1 is 0.783 bits per heavy atom. The number of carbonyl (C=O) groups excluding carboxylic acids is 1. The summed E-state index contributed by atoms with van der Waals surface area (Å²) in [6.07, 6.45) is 0. The number of carbonyl (C=O) groups is 1. The van der Waals surface area contributed by atoms with E-state index in [2.05, 4.69) is 9.97 Å². The van der Waals surface area contributed by atoms with Gasteiger partial charge in [-0.2, -0.15) is 0 Å². The Morgan fingerprint density at radius 2 is 1.35 bits per heavy atom. The van der Waals surface area contributed by atoms with E-state index in [0.29, 0.717) is 5.56 Å². The number of hydrogen-bond acceptors (Lipinski definition) is 3. The van der Waals surface area contributed by atoms with Crippen molar-refractivity contribution >= 4 is 16.7 Å². The van der Waals surface area contributed by atoms with Gasteiger partial charge in [0.25, 0.3) is 0 Å². The number of aromatic nitrogens is 2. The van der Waals surface area contributed by atoms with Crippen molar-refractivity contribution in [2.24, 2.45) is 0 Å². The quantitative estimate of drug-likeness (QED) is 0.609. The molecular weight excluding hydrogens is 284 g/mol. The molecule has 0 atom stereocenters. The number of benzene rings is 2. The largest absolute Gasteiger partial charge is 0.285 e. The molecule has 0 radical (unpaired) electrons. The molecule has 0 bridgehead atoms. The zero-order valence-electron chi connectivity index (χ0n) is 14.5. The fraction of sp³-hybridized carbons (Fsp3) is 0.250. The summed E-state index contributed by atoms with van der Waals surface area (Å²) in [6.45, 7) is 9.89. The van der Waals surface area contributed by atoms with E-state index in [-0.39, 0.29) is 11.6 Å². The van der Waals surface area contributed by atoms with Crippen LogP contribution in [0.15, 0.2) is 54.6 Å². The first kappa shape index (κ1) is 18.5. The van der Waals surface area contributed by atoms with Crippen LogP contribution in [0.25, 0.3) is 10.9 Å². The van der Waals surface area contributed by atoms with Gasteiger partial charge in [-0.15, -0.1) is 0 Å². The van der Waals surface area contributed by atoms with Crippen LogP contribution in [0.5, 0.6) is 0 Å². The maximum atomic E-state index is 12.3. The highest BCUT2D eigenvalue weighted by Crippen LogP contribution is 2.16. The van der Waals surface area contributed by atoms with Crippen LogP contribution in [0.4, 0.5) is 0 Å². The predicted octanol–water partition coefficient (Wildman–Crippen LogP) is 5.22. The number of hydrogen-bond donors (Lipinski definition) is 0. The van der Waals surface area contributed by atoms with E-state index in [1.165, 1.54) is 0 Å². The molecule has 3 rings (SSSR count). The summed E-state index contributed by atoms with van der Waals surface area (Å²) >= 11 is 0. The number of rotatable bonds is 2. The number of fused-ring (bicyclic) bond motifs is 1. The molecule has 1 aromatic heterocycles. The Bertz CT molecular complexity index is 752. The number of para-hydroxylation sites is 1. The molecule has 0 saturated carbocycles. The summed E-state index contributed by atoms with van der Waals surface area (Å²) in [5.74, 6) is 0.108. The number of ketones is 1. The van der Waals surface area contributed by atoms with Gasteiger partial charge < -0.3 is 0 Å². The molecule has 120 valence electrons. The van der Waals surface area contributed by atoms with Crippen molar-refractivity contribution in [1.82, 2.24) is 9.97 Å². The van der Waals surface area contributed by atoms with E-state index in [9.17, 15) is 4.79 Å². The van der Waals surface area contributed by atoms with Crippen LogP contribution in [-0.2, 0) is 0 Å². The molecular formula is C20H24N2O. The van der Waals surface area contributed by atoms with Crippen LogP contribution in [0.2, 0.25) is 0 Å². The molecule has 3 nitrogen and oxygen atoms in total. The highest BCUT2D eigenvalue weighted by molar-refractivity contribution is 6.07. The van der Waals surface area contributed by atoms with Crippen LogP contribution in [-0.4, -0.2) is 15.8 Å². The first-order valence-electron chi connectivity index (χ1n) is 8.09. The lowest BCUT2D eigenvalue weighted by Crippen LogP contribution is -2.08. The minimum Gasteiger partial charge on any atom is -0.285 e. The fourth-order valence-electron chi connectivity index (χ4n) is 2.06. The number of aryl methyl sites for hydroxylation is 1. The SMILES string of the molecule is CC.CC.Cc1nc(C(=O)c2ccccc2)nc2ccccc12. The molecule has 0 aliphatic carbocycles. The van der Waals surface area contributed by atoms with Gasteiger partial charge >= 0.3 is 0 Å². The van der Waals surface area contributed by atoms with Crippen molar-refractivity contribution in [2.75, 3.05) is 0 Å². The van der Waals surface area contributed by atoms with Gasteiger partial charge in [-0.05, 0) is 13.0 Å². The molecule has 0 aliphatic heterocycles.